The van der Waals surface area contributed by atoms with E-state index >= 15 is 0 Å². The van der Waals surface area contributed by atoms with Gasteiger partial charge in [-0.05, 0) is 88.7 Å². The van der Waals surface area contributed by atoms with Crippen molar-refractivity contribution in [3.8, 4) is 39.9 Å². The van der Waals surface area contributed by atoms with Crippen LogP contribution in [0.4, 0.5) is 0 Å². The van der Waals surface area contributed by atoms with Gasteiger partial charge in [-0.2, -0.15) is 0 Å². The molecule has 4 aromatic rings. The van der Waals surface area contributed by atoms with Gasteiger partial charge in [0.15, 0.2) is 0 Å². The van der Waals surface area contributed by atoms with Gasteiger partial charge in [-0.3, -0.25) is 0 Å². The average Bonchev–Trinajstić information content (AvgIpc) is 2.58. The monoisotopic (exact) mass is 488 g/mol. The largest absolute Gasteiger partial charge is 0.508 e. The second kappa shape index (κ2) is 6.34. The molecule has 5 nitrogen and oxygen atoms in total. The molecule has 0 saturated heterocycles. The topological polar surface area (TPSA) is 101 Å². The van der Waals surface area contributed by atoms with Crippen molar-refractivity contribution in [2.75, 3.05) is 0 Å². The Hall–Kier alpha value is -2.87. The van der Waals surface area contributed by atoms with Gasteiger partial charge in [0.05, 0.1) is 0 Å². The summed E-state index contributed by atoms with van der Waals surface area (Å²) in [5.41, 5.74) is 1.83. The molecule has 0 radical (unpaired) electrons. The van der Waals surface area contributed by atoms with E-state index in [1.54, 1.807) is 19.1 Å². The van der Waals surface area contributed by atoms with Crippen molar-refractivity contribution in [2.45, 2.75) is 13.8 Å². The minimum absolute atomic E-state index is 0.0395. The van der Waals surface area contributed by atoms with E-state index in [1.807, 2.05) is 13.0 Å². The van der Waals surface area contributed by atoms with Crippen molar-refractivity contribution >= 4 is 44.1 Å². The first-order valence-electron chi connectivity index (χ1n) is 8.52. The highest BCUT2D eigenvalue weighted by molar-refractivity contribution is 14.1. The lowest BCUT2D eigenvalue weighted by Gasteiger charge is -2.18. The molecule has 0 aliphatic heterocycles. The number of halogens is 1. The fraction of sp³-hybridized carbons (Fsp3) is 0.0909. The Balaban J connectivity index is 2.29. The SMILES string of the molecule is Cc1cc(O)c(-c2c(O)cc(C)c3cc(I)cc(O)c23)c2c(O)cc(O)cc12. The van der Waals surface area contributed by atoms with Crippen LogP contribution in [0.3, 0.4) is 0 Å². The maximum absolute atomic E-state index is 10.8. The van der Waals surface area contributed by atoms with Crippen LogP contribution in [-0.4, -0.2) is 25.5 Å². The molecule has 0 saturated carbocycles. The Kier molecular flexibility index (Phi) is 4.19. The molecule has 0 bridgehead atoms. The van der Waals surface area contributed by atoms with Crippen LogP contribution in [0.1, 0.15) is 11.1 Å². The molecule has 0 heterocycles. The zero-order chi connectivity index (χ0) is 20.3. The molecule has 4 rings (SSSR count). The Morgan fingerprint density at radius 3 is 1.57 bits per heavy atom. The molecular weight excluding hydrogens is 471 g/mol. The number of hydrogen-bond acceptors (Lipinski definition) is 5. The molecular formula is C22H17IO5. The van der Waals surface area contributed by atoms with Crippen LogP contribution >= 0.6 is 22.6 Å². The number of rotatable bonds is 1. The van der Waals surface area contributed by atoms with Crippen LogP contribution in [0.5, 0.6) is 28.7 Å². The molecule has 0 aliphatic carbocycles. The second-order valence-corrected chi connectivity index (χ2v) is 8.16. The predicted molar refractivity (Wildman–Crippen MR) is 117 cm³/mol. The molecule has 142 valence electrons. The average molecular weight is 488 g/mol. The van der Waals surface area contributed by atoms with Crippen molar-refractivity contribution in [2.24, 2.45) is 0 Å². The Labute approximate surface area is 174 Å². The fourth-order valence-corrected chi connectivity index (χ4v) is 4.43. The third-order valence-electron chi connectivity index (χ3n) is 5.00. The second-order valence-electron chi connectivity index (χ2n) is 6.91. The Morgan fingerprint density at radius 1 is 0.571 bits per heavy atom. The summed E-state index contributed by atoms with van der Waals surface area (Å²) >= 11 is 2.10. The number of fused-ring (bicyclic) bond motifs is 2. The van der Waals surface area contributed by atoms with Crippen molar-refractivity contribution < 1.29 is 25.5 Å². The van der Waals surface area contributed by atoms with E-state index < -0.39 is 0 Å². The van der Waals surface area contributed by atoms with Gasteiger partial charge in [-0.1, -0.05) is 0 Å². The summed E-state index contributed by atoms with van der Waals surface area (Å²) < 4.78 is 0.827. The summed E-state index contributed by atoms with van der Waals surface area (Å²) in [4.78, 5) is 0. The van der Waals surface area contributed by atoms with E-state index in [1.165, 1.54) is 18.2 Å². The van der Waals surface area contributed by atoms with Crippen molar-refractivity contribution in [3.63, 3.8) is 0 Å². The third kappa shape index (κ3) is 2.67. The van der Waals surface area contributed by atoms with Gasteiger partial charge >= 0.3 is 0 Å². The van der Waals surface area contributed by atoms with Crippen LogP contribution in [0.15, 0.2) is 36.4 Å². The number of phenolic OH excluding ortho intramolecular Hbond substituents is 5. The molecule has 6 heteroatoms. The maximum atomic E-state index is 10.8. The highest BCUT2D eigenvalue weighted by Gasteiger charge is 2.23. The van der Waals surface area contributed by atoms with E-state index in [2.05, 4.69) is 22.6 Å². The quantitative estimate of drug-likeness (QED) is 0.231. The Morgan fingerprint density at radius 2 is 1.04 bits per heavy atom. The first-order chi connectivity index (χ1) is 13.2. The molecule has 0 fully saturated rings. The first kappa shape index (κ1) is 18.5. The minimum atomic E-state index is -0.234. The third-order valence-corrected chi connectivity index (χ3v) is 5.63. The Bertz CT molecular complexity index is 1190. The van der Waals surface area contributed by atoms with Crippen LogP contribution < -0.4 is 0 Å². The van der Waals surface area contributed by atoms with Crippen LogP contribution in [0, 0.1) is 17.4 Å². The van der Waals surface area contributed by atoms with Gasteiger partial charge in [0.1, 0.15) is 28.7 Å². The lowest BCUT2D eigenvalue weighted by atomic mass is 9.88. The molecule has 0 atom stereocenters. The minimum Gasteiger partial charge on any atom is -0.508 e. The van der Waals surface area contributed by atoms with E-state index in [4.69, 9.17) is 0 Å². The number of benzene rings is 4. The van der Waals surface area contributed by atoms with E-state index in [0.29, 0.717) is 16.3 Å². The van der Waals surface area contributed by atoms with Crippen LogP contribution in [0.25, 0.3) is 32.7 Å². The van der Waals surface area contributed by atoms with Crippen LogP contribution in [-0.2, 0) is 0 Å². The van der Waals surface area contributed by atoms with Crippen molar-refractivity contribution in [3.05, 3.63) is 51.1 Å². The lowest BCUT2D eigenvalue weighted by Crippen LogP contribution is -1.92. The van der Waals surface area contributed by atoms with E-state index in [-0.39, 0.29) is 45.3 Å². The molecule has 0 aliphatic rings. The normalized spacial score (nSPS) is 11.4. The summed E-state index contributed by atoms with van der Waals surface area (Å²) in [6.07, 6.45) is 0. The number of aryl methyl sites for hydroxylation is 2. The predicted octanol–water partition coefficient (Wildman–Crippen LogP) is 5.41. The molecule has 0 aromatic heterocycles. The lowest BCUT2D eigenvalue weighted by molar-refractivity contribution is 0.453. The van der Waals surface area contributed by atoms with Crippen LogP contribution in [0.2, 0.25) is 0 Å². The molecule has 4 aromatic carbocycles. The molecule has 0 amide bonds. The van der Waals surface area contributed by atoms with Gasteiger partial charge in [-0.25, -0.2) is 0 Å². The molecule has 5 N–H and O–H groups in total. The summed E-state index contributed by atoms with van der Waals surface area (Å²) in [6, 6.07) is 9.20. The van der Waals surface area contributed by atoms with Crippen molar-refractivity contribution in [1.29, 1.82) is 0 Å². The number of phenols is 5. The van der Waals surface area contributed by atoms with E-state index in [9.17, 15) is 25.5 Å². The maximum Gasteiger partial charge on any atom is 0.127 e. The highest BCUT2D eigenvalue weighted by Crippen LogP contribution is 2.51. The number of hydrogen-bond donors (Lipinski definition) is 5. The zero-order valence-electron chi connectivity index (χ0n) is 15.1. The summed E-state index contributed by atoms with van der Waals surface area (Å²) in [5, 5.41) is 54.6. The number of aromatic hydroxyl groups is 5. The summed E-state index contributed by atoms with van der Waals surface area (Å²) in [6.45, 7) is 3.57. The highest BCUT2D eigenvalue weighted by atomic mass is 127. The van der Waals surface area contributed by atoms with Gasteiger partial charge in [-0.15, -0.1) is 0 Å². The molecule has 0 spiro atoms. The summed E-state index contributed by atoms with van der Waals surface area (Å²) in [7, 11) is 0. The first-order valence-corrected chi connectivity index (χ1v) is 9.60. The summed E-state index contributed by atoms with van der Waals surface area (Å²) in [5.74, 6) is -0.664. The molecule has 0 unspecified atom stereocenters. The fourth-order valence-electron chi connectivity index (χ4n) is 3.82. The zero-order valence-corrected chi connectivity index (χ0v) is 17.2. The van der Waals surface area contributed by atoms with Gasteiger partial charge in [0, 0.05) is 31.5 Å². The smallest absolute Gasteiger partial charge is 0.127 e. The standard InChI is InChI=1S/C22H17IO5/c1-9-3-15(25)21(19-13(9)5-11(23)6-17(19)27)22-16(26)4-10(2)14-7-12(24)8-18(28)20(14)22/h3-8,24-28H,1-2H3. The van der Waals surface area contributed by atoms with Gasteiger partial charge in [0.2, 0.25) is 0 Å². The van der Waals surface area contributed by atoms with E-state index in [0.717, 1.165) is 14.5 Å². The van der Waals surface area contributed by atoms with Gasteiger partial charge < -0.3 is 25.5 Å². The van der Waals surface area contributed by atoms with Crippen molar-refractivity contribution in [1.82, 2.24) is 0 Å². The van der Waals surface area contributed by atoms with Gasteiger partial charge in [0.25, 0.3) is 0 Å². The molecule has 28 heavy (non-hydrogen) atoms.